The molecule has 0 radical (unpaired) electrons. The second-order valence-electron chi connectivity index (χ2n) is 1.19. The first-order chi connectivity index (χ1) is 3.80. The summed E-state index contributed by atoms with van der Waals surface area (Å²) in [5, 5.41) is 12.6. The van der Waals surface area contributed by atoms with Crippen molar-refractivity contribution in [2.75, 3.05) is 0 Å². The molecule has 0 spiro atoms. The Morgan fingerprint density at radius 2 is 1.89 bits per heavy atom. The predicted octanol–water partition coefficient (Wildman–Crippen LogP) is -3.25. The van der Waals surface area contributed by atoms with Crippen molar-refractivity contribution in [1.29, 1.82) is 0 Å². The molecule has 6 nitrogen and oxygen atoms in total. The Labute approximate surface area is 74.4 Å². The van der Waals surface area contributed by atoms with Crippen LogP contribution in [0.2, 0.25) is 0 Å². The number of hydrogen-bond donors (Lipinski definition) is 1. The van der Waals surface area contributed by atoms with Crippen molar-refractivity contribution >= 4 is 5.91 Å². The van der Waals surface area contributed by atoms with Crippen molar-refractivity contribution < 1.29 is 35.8 Å². The molecule has 7 heteroatoms. The number of carbonyl (C=O) groups excluding carboxylic acids is 1. The van der Waals surface area contributed by atoms with Gasteiger partial charge in [0.25, 0.3) is 12.1 Å². The van der Waals surface area contributed by atoms with Crippen molar-refractivity contribution in [3.05, 3.63) is 0 Å². The molecule has 0 saturated heterocycles. The normalized spacial score (nSPS) is 15.6. The van der Waals surface area contributed by atoms with Crippen LogP contribution in [0.25, 0.3) is 0 Å². The number of amides is 1. The number of nitrogens with zero attached hydrogens (tertiary/aromatic N) is 4. The molecule has 1 amide bonds. The van der Waals surface area contributed by atoms with Gasteiger partial charge in [0.05, 0.1) is 0 Å². The van der Waals surface area contributed by atoms with E-state index in [1.165, 1.54) is 0 Å². The molecule has 44 valence electrons. The Kier molecular flexibility index (Phi) is 3.52. The van der Waals surface area contributed by atoms with E-state index in [4.69, 9.17) is 5.73 Å². The van der Waals surface area contributed by atoms with Gasteiger partial charge < -0.3 is 7.16 Å². The molecule has 9 heavy (non-hydrogen) atoms. The van der Waals surface area contributed by atoms with E-state index in [2.05, 4.69) is 20.7 Å². The topological polar surface area (TPSA) is 92.5 Å². The fourth-order valence-electron chi connectivity index (χ4n) is 0.281. The second-order valence-corrected chi connectivity index (χ2v) is 1.19. The second kappa shape index (κ2) is 3.65. The molecule has 0 bridgehead atoms. The van der Waals surface area contributed by atoms with Crippen LogP contribution in [0.1, 0.15) is 1.43 Å². The maximum Gasteiger partial charge on any atom is 1.00 e. The average Bonchev–Trinajstić information content (AvgIpc) is 2.12. The Morgan fingerprint density at radius 1 is 1.44 bits per heavy atom. The first-order valence-electron chi connectivity index (χ1n) is 1.90. The molecular formula is C2H4N5NaO. The van der Waals surface area contributed by atoms with Crippen LogP contribution in [0, 0.1) is 0 Å². The predicted molar refractivity (Wildman–Crippen MR) is 23.8 cm³/mol. The minimum Gasteiger partial charge on any atom is -1.00 e. The monoisotopic (exact) mass is 137 g/mol. The molecule has 1 heterocycles. The van der Waals surface area contributed by atoms with Gasteiger partial charge in [0, 0.05) is 0 Å². The van der Waals surface area contributed by atoms with Gasteiger partial charge in [-0.25, -0.2) is 0 Å². The van der Waals surface area contributed by atoms with Crippen molar-refractivity contribution in [1.82, 2.24) is 0 Å². The SMILES string of the molecule is NC(=O)C1N=NN=N1.[H-].[Na+]. The number of carbonyl (C=O) groups is 1. The van der Waals surface area contributed by atoms with Crippen molar-refractivity contribution in [3.63, 3.8) is 0 Å². The van der Waals surface area contributed by atoms with E-state index in [9.17, 15) is 4.79 Å². The van der Waals surface area contributed by atoms with Gasteiger partial charge in [-0.05, 0) is 10.4 Å². The van der Waals surface area contributed by atoms with Crippen molar-refractivity contribution in [2.45, 2.75) is 6.17 Å². The minimum atomic E-state index is -0.880. The van der Waals surface area contributed by atoms with E-state index < -0.39 is 12.1 Å². The van der Waals surface area contributed by atoms with Crippen LogP contribution in [0.4, 0.5) is 0 Å². The summed E-state index contributed by atoms with van der Waals surface area (Å²) in [6.07, 6.45) is -0.880. The maximum atomic E-state index is 10.1. The fourth-order valence-corrected chi connectivity index (χ4v) is 0.281. The number of rotatable bonds is 1. The molecule has 0 saturated carbocycles. The van der Waals surface area contributed by atoms with Gasteiger partial charge in [-0.2, -0.15) is 0 Å². The molecule has 2 N–H and O–H groups in total. The van der Waals surface area contributed by atoms with Crippen molar-refractivity contribution in [2.24, 2.45) is 26.4 Å². The molecule has 0 aromatic rings. The van der Waals surface area contributed by atoms with Crippen LogP contribution in [0.15, 0.2) is 20.7 Å². The van der Waals surface area contributed by atoms with Gasteiger partial charge in [-0.15, -0.1) is 10.2 Å². The van der Waals surface area contributed by atoms with E-state index in [-0.39, 0.29) is 31.0 Å². The molecule has 0 fully saturated rings. The summed E-state index contributed by atoms with van der Waals surface area (Å²) in [4.78, 5) is 10.1. The van der Waals surface area contributed by atoms with Crippen LogP contribution in [0.5, 0.6) is 0 Å². The molecule has 0 aliphatic carbocycles. The molecule has 1 aliphatic heterocycles. The van der Waals surface area contributed by atoms with Crippen molar-refractivity contribution in [3.8, 4) is 0 Å². The summed E-state index contributed by atoms with van der Waals surface area (Å²) in [5.74, 6) is -0.630. The third kappa shape index (κ3) is 2.17. The van der Waals surface area contributed by atoms with Crippen LogP contribution >= 0.6 is 0 Å². The molecule has 0 aromatic carbocycles. The zero-order valence-electron chi connectivity index (χ0n) is 5.85. The summed E-state index contributed by atoms with van der Waals surface area (Å²) < 4.78 is 0. The van der Waals surface area contributed by atoms with Gasteiger partial charge in [0.15, 0.2) is 0 Å². The molecule has 0 aromatic heterocycles. The first kappa shape index (κ1) is 8.67. The molecule has 1 rings (SSSR count). The molecule has 0 unspecified atom stereocenters. The van der Waals surface area contributed by atoms with Crippen LogP contribution in [-0.4, -0.2) is 12.1 Å². The van der Waals surface area contributed by atoms with Gasteiger partial charge in [0.2, 0.25) is 0 Å². The number of hydrogen-bond acceptors (Lipinski definition) is 5. The van der Waals surface area contributed by atoms with E-state index in [1.54, 1.807) is 0 Å². The number of primary amides is 1. The molecular weight excluding hydrogens is 133 g/mol. The quantitative estimate of drug-likeness (QED) is 0.377. The standard InChI is InChI=1S/C2H3N5O.Na.H/c3-1(8)2-4-6-7-5-2;;/h2H,(H2,3,8);;/q;+1;-1. The third-order valence-electron chi connectivity index (χ3n) is 0.617. The van der Waals surface area contributed by atoms with Gasteiger partial charge in [-0.1, -0.05) is 0 Å². The van der Waals surface area contributed by atoms with E-state index in [0.29, 0.717) is 0 Å². The Hall–Kier alpha value is -0.330. The largest absolute Gasteiger partial charge is 1.00 e. The van der Waals surface area contributed by atoms with E-state index >= 15 is 0 Å². The van der Waals surface area contributed by atoms with Crippen LogP contribution in [-0.2, 0) is 4.79 Å². The minimum absolute atomic E-state index is 0. The van der Waals surface area contributed by atoms with Crippen LogP contribution in [0.3, 0.4) is 0 Å². The smallest absolute Gasteiger partial charge is 1.00 e. The summed E-state index contributed by atoms with van der Waals surface area (Å²) in [6, 6.07) is 0. The molecule has 0 atom stereocenters. The summed E-state index contributed by atoms with van der Waals surface area (Å²) in [6.45, 7) is 0. The Balaban J connectivity index is 0. The Morgan fingerprint density at radius 3 is 2.11 bits per heavy atom. The van der Waals surface area contributed by atoms with Gasteiger partial charge in [-0.3, -0.25) is 4.79 Å². The number of nitrogens with two attached hydrogens (primary N) is 1. The summed E-state index contributed by atoms with van der Waals surface area (Å²) in [5.41, 5.74) is 4.75. The van der Waals surface area contributed by atoms with Gasteiger partial charge >= 0.3 is 29.6 Å². The zero-order chi connectivity index (χ0) is 5.98. The summed E-state index contributed by atoms with van der Waals surface area (Å²) in [7, 11) is 0. The van der Waals surface area contributed by atoms with E-state index in [1.807, 2.05) is 0 Å². The third-order valence-corrected chi connectivity index (χ3v) is 0.617. The fraction of sp³-hybridized carbons (Fsp3) is 0.500. The van der Waals surface area contributed by atoms with Crippen LogP contribution < -0.4 is 35.3 Å². The molecule has 1 aliphatic rings. The average molecular weight is 137 g/mol. The zero-order valence-corrected chi connectivity index (χ0v) is 6.85. The summed E-state index contributed by atoms with van der Waals surface area (Å²) >= 11 is 0. The Bertz CT molecular complexity index is 157. The maximum absolute atomic E-state index is 10.1. The first-order valence-corrected chi connectivity index (χ1v) is 1.90. The van der Waals surface area contributed by atoms with E-state index in [0.717, 1.165) is 0 Å². The van der Waals surface area contributed by atoms with Gasteiger partial charge in [0.1, 0.15) is 0 Å².